The Morgan fingerprint density at radius 2 is 2.21 bits per heavy atom. The molecule has 2 aromatic rings. The van der Waals surface area contributed by atoms with Crippen LogP contribution in [-0.2, 0) is 11.3 Å². The molecule has 0 atom stereocenters. The van der Waals surface area contributed by atoms with E-state index < -0.39 is 17.2 Å². The summed E-state index contributed by atoms with van der Waals surface area (Å²) in [6.07, 6.45) is 2.89. The van der Waals surface area contributed by atoms with Crippen LogP contribution >= 0.6 is 0 Å². The van der Waals surface area contributed by atoms with Crippen molar-refractivity contribution in [2.45, 2.75) is 13.5 Å². The van der Waals surface area contributed by atoms with Crippen LogP contribution in [0.15, 0.2) is 40.2 Å². The lowest BCUT2D eigenvalue weighted by Crippen LogP contribution is -2.34. The molecule has 0 fully saturated rings. The molecule has 0 aliphatic rings. The topological polar surface area (TPSA) is 96.8 Å². The number of amides is 1. The molecule has 2 rings (SSSR count). The Labute approximate surface area is 107 Å². The lowest BCUT2D eigenvalue weighted by atomic mass is 10.4. The fourth-order valence-corrected chi connectivity index (χ4v) is 1.51. The van der Waals surface area contributed by atoms with E-state index in [0.29, 0.717) is 11.4 Å². The van der Waals surface area contributed by atoms with Crippen molar-refractivity contribution in [1.82, 2.24) is 14.5 Å². The molecule has 0 spiro atoms. The Kier molecular flexibility index (Phi) is 3.56. The van der Waals surface area contributed by atoms with E-state index in [1.165, 1.54) is 6.20 Å². The van der Waals surface area contributed by atoms with Gasteiger partial charge in [-0.25, -0.2) is 9.78 Å². The van der Waals surface area contributed by atoms with Gasteiger partial charge in [-0.15, -0.1) is 0 Å². The van der Waals surface area contributed by atoms with E-state index in [2.05, 4.69) is 15.3 Å². The van der Waals surface area contributed by atoms with Gasteiger partial charge in [0.1, 0.15) is 12.4 Å². The highest BCUT2D eigenvalue weighted by Gasteiger charge is 2.07. The number of rotatable bonds is 3. The van der Waals surface area contributed by atoms with Gasteiger partial charge in [0.05, 0.1) is 0 Å². The minimum atomic E-state index is -0.619. The Hall–Kier alpha value is -2.70. The number of carbonyl (C=O) groups excluding carboxylic acids is 1. The maximum Gasteiger partial charge on any atom is 0.328 e. The van der Waals surface area contributed by atoms with Crippen molar-refractivity contribution in [3.63, 3.8) is 0 Å². The van der Waals surface area contributed by atoms with Gasteiger partial charge in [-0.2, -0.15) is 0 Å². The van der Waals surface area contributed by atoms with E-state index in [1.807, 2.05) is 0 Å². The third-order valence-corrected chi connectivity index (χ3v) is 2.44. The molecule has 2 aromatic heterocycles. The Balaban J connectivity index is 2.14. The fourth-order valence-electron chi connectivity index (χ4n) is 1.51. The van der Waals surface area contributed by atoms with Gasteiger partial charge in [-0.1, -0.05) is 6.07 Å². The number of hydrogen-bond donors (Lipinski definition) is 2. The van der Waals surface area contributed by atoms with Crippen LogP contribution in [0.1, 0.15) is 5.56 Å². The number of pyridine rings is 1. The Morgan fingerprint density at radius 1 is 1.42 bits per heavy atom. The van der Waals surface area contributed by atoms with E-state index in [1.54, 1.807) is 31.3 Å². The number of nitrogens with one attached hydrogen (secondary N) is 2. The van der Waals surface area contributed by atoms with Crippen molar-refractivity contribution >= 4 is 11.7 Å². The van der Waals surface area contributed by atoms with E-state index in [4.69, 9.17) is 0 Å². The summed E-state index contributed by atoms with van der Waals surface area (Å²) in [6, 6.07) is 5.10. The minimum Gasteiger partial charge on any atom is -0.309 e. The lowest BCUT2D eigenvalue weighted by Gasteiger charge is -2.06. The first-order valence-corrected chi connectivity index (χ1v) is 5.57. The quantitative estimate of drug-likeness (QED) is 0.804. The molecule has 0 radical (unpaired) electrons. The molecule has 19 heavy (non-hydrogen) atoms. The monoisotopic (exact) mass is 260 g/mol. The standard InChI is InChI=1S/C12H12N4O3/c1-8-6-16(12(19)15-11(8)18)7-10(17)14-9-4-2-3-5-13-9/h2-6H,7H2,1H3,(H,13,14,17)(H,15,18,19). The fraction of sp³-hybridized carbons (Fsp3) is 0.167. The number of H-pyrrole nitrogens is 1. The average Bonchev–Trinajstić information content (AvgIpc) is 2.37. The highest BCUT2D eigenvalue weighted by molar-refractivity contribution is 5.89. The van der Waals surface area contributed by atoms with Crippen LogP contribution in [0, 0.1) is 6.92 Å². The van der Waals surface area contributed by atoms with Crippen molar-refractivity contribution < 1.29 is 4.79 Å². The van der Waals surface area contributed by atoms with Crippen molar-refractivity contribution in [3.05, 3.63) is 57.0 Å². The zero-order valence-corrected chi connectivity index (χ0v) is 10.2. The number of hydrogen-bond acceptors (Lipinski definition) is 4. The number of aromatic nitrogens is 3. The third-order valence-electron chi connectivity index (χ3n) is 2.44. The second kappa shape index (κ2) is 5.30. The SMILES string of the molecule is Cc1cn(CC(=O)Nc2ccccn2)c(=O)[nH]c1=O. The minimum absolute atomic E-state index is 0.187. The second-order valence-electron chi connectivity index (χ2n) is 3.96. The summed E-state index contributed by atoms with van der Waals surface area (Å²) in [4.78, 5) is 40.5. The van der Waals surface area contributed by atoms with Crippen LogP contribution in [0.5, 0.6) is 0 Å². The van der Waals surface area contributed by atoms with Gasteiger partial charge in [-0.3, -0.25) is 19.1 Å². The molecular formula is C12H12N4O3. The number of nitrogens with zero attached hydrogens (tertiary/aromatic N) is 2. The molecule has 0 aliphatic heterocycles. The molecule has 98 valence electrons. The number of aryl methyl sites for hydroxylation is 1. The maximum absolute atomic E-state index is 11.7. The number of anilines is 1. The summed E-state index contributed by atoms with van der Waals surface area (Å²) in [6.45, 7) is 1.37. The van der Waals surface area contributed by atoms with Gasteiger partial charge in [0.15, 0.2) is 0 Å². The van der Waals surface area contributed by atoms with Crippen molar-refractivity contribution in [2.75, 3.05) is 5.32 Å². The largest absolute Gasteiger partial charge is 0.328 e. The molecule has 2 N–H and O–H groups in total. The first kappa shape index (κ1) is 12.7. The summed E-state index contributed by atoms with van der Waals surface area (Å²) >= 11 is 0. The summed E-state index contributed by atoms with van der Waals surface area (Å²) in [5.74, 6) is 0.00828. The van der Waals surface area contributed by atoms with Gasteiger partial charge in [0.25, 0.3) is 5.56 Å². The molecule has 0 aliphatic carbocycles. The first-order chi connectivity index (χ1) is 9.06. The molecule has 0 unspecified atom stereocenters. The predicted octanol–water partition coefficient (Wildman–Crippen LogP) is -0.121. The van der Waals surface area contributed by atoms with E-state index in [0.717, 1.165) is 4.57 Å². The highest BCUT2D eigenvalue weighted by atomic mass is 16.2. The van der Waals surface area contributed by atoms with Crippen molar-refractivity contribution in [2.24, 2.45) is 0 Å². The number of carbonyl (C=O) groups is 1. The first-order valence-electron chi connectivity index (χ1n) is 5.57. The van der Waals surface area contributed by atoms with E-state index in [-0.39, 0.29) is 6.54 Å². The molecule has 1 amide bonds. The third kappa shape index (κ3) is 3.15. The summed E-state index contributed by atoms with van der Waals surface area (Å²) in [7, 11) is 0. The highest BCUT2D eigenvalue weighted by Crippen LogP contribution is 1.99. The molecule has 0 saturated heterocycles. The molecule has 0 aromatic carbocycles. The van der Waals surface area contributed by atoms with Crippen LogP contribution in [0.25, 0.3) is 0 Å². The van der Waals surface area contributed by atoms with Crippen LogP contribution < -0.4 is 16.6 Å². The summed E-state index contributed by atoms with van der Waals surface area (Å²) in [5, 5.41) is 2.55. The van der Waals surface area contributed by atoms with Crippen LogP contribution in [0.4, 0.5) is 5.82 Å². The molecule has 7 heteroatoms. The summed E-state index contributed by atoms with van der Waals surface area (Å²) in [5.41, 5.74) is -0.705. The van der Waals surface area contributed by atoms with Crippen LogP contribution in [0.3, 0.4) is 0 Å². The van der Waals surface area contributed by atoms with Gasteiger partial charge in [0, 0.05) is 18.0 Å². The maximum atomic E-state index is 11.7. The van der Waals surface area contributed by atoms with E-state index in [9.17, 15) is 14.4 Å². The second-order valence-corrected chi connectivity index (χ2v) is 3.96. The summed E-state index contributed by atoms with van der Waals surface area (Å²) < 4.78 is 1.13. The zero-order valence-electron chi connectivity index (χ0n) is 10.2. The Morgan fingerprint density at radius 3 is 2.89 bits per heavy atom. The lowest BCUT2D eigenvalue weighted by molar-refractivity contribution is -0.116. The van der Waals surface area contributed by atoms with Gasteiger partial charge in [0.2, 0.25) is 5.91 Å². The average molecular weight is 260 g/mol. The smallest absolute Gasteiger partial charge is 0.309 e. The molecular weight excluding hydrogens is 248 g/mol. The molecule has 0 saturated carbocycles. The number of aromatic amines is 1. The predicted molar refractivity (Wildman–Crippen MR) is 68.9 cm³/mol. The van der Waals surface area contributed by atoms with Crippen LogP contribution in [0.2, 0.25) is 0 Å². The van der Waals surface area contributed by atoms with Crippen molar-refractivity contribution in [3.8, 4) is 0 Å². The van der Waals surface area contributed by atoms with E-state index >= 15 is 0 Å². The molecule has 2 heterocycles. The zero-order chi connectivity index (χ0) is 13.8. The van der Waals surface area contributed by atoms with Gasteiger partial charge >= 0.3 is 5.69 Å². The molecule has 0 bridgehead atoms. The normalized spacial score (nSPS) is 10.2. The van der Waals surface area contributed by atoms with Crippen molar-refractivity contribution in [1.29, 1.82) is 0 Å². The van der Waals surface area contributed by atoms with Gasteiger partial charge < -0.3 is 5.32 Å². The molecule has 7 nitrogen and oxygen atoms in total. The van der Waals surface area contributed by atoms with Gasteiger partial charge in [-0.05, 0) is 19.1 Å². The van der Waals surface area contributed by atoms with Crippen LogP contribution in [-0.4, -0.2) is 20.4 Å². The Bertz CT molecular complexity index is 703.